The lowest BCUT2D eigenvalue weighted by Crippen LogP contribution is -2.60. The second-order valence-electron chi connectivity index (χ2n) is 5.10. The number of hydrogen-bond acceptors (Lipinski definition) is 8. The van der Waals surface area contributed by atoms with Crippen molar-refractivity contribution in [1.82, 2.24) is 0 Å². The molecule has 4 N–H and O–H groups in total. The van der Waals surface area contributed by atoms with Crippen LogP contribution in [0, 0.1) is 0 Å². The third-order valence-corrected chi connectivity index (χ3v) is 9.77. The summed E-state index contributed by atoms with van der Waals surface area (Å²) in [5, 5.41) is 0. The highest BCUT2D eigenvalue weighted by molar-refractivity contribution is 6.62. The Morgan fingerprint density at radius 2 is 1.20 bits per heavy atom. The largest absolute Gasteiger partial charge is 0.518 e. The highest BCUT2D eigenvalue weighted by Gasteiger charge is 2.46. The van der Waals surface area contributed by atoms with Gasteiger partial charge in [-0.1, -0.05) is 6.92 Å². The fourth-order valence-corrected chi connectivity index (χ4v) is 6.52. The molecule has 8 nitrogen and oxygen atoms in total. The molecule has 0 amide bonds. The normalized spacial score (nSPS) is 13.3. The molecule has 0 aromatic rings. The van der Waals surface area contributed by atoms with Crippen LogP contribution in [0.25, 0.3) is 0 Å². The maximum atomic E-state index is 6.00. The molecule has 25 heavy (non-hydrogen) atoms. The van der Waals surface area contributed by atoms with E-state index in [0.29, 0.717) is 26.4 Å². The molecule has 0 saturated carbocycles. The van der Waals surface area contributed by atoms with Crippen LogP contribution in [-0.4, -0.2) is 71.0 Å². The number of nitrogens with two attached hydrogens (primary N) is 2. The van der Waals surface area contributed by atoms with E-state index in [1.54, 1.807) is 21.3 Å². The van der Waals surface area contributed by atoms with Gasteiger partial charge < -0.3 is 38.0 Å². The van der Waals surface area contributed by atoms with E-state index in [0.717, 1.165) is 18.9 Å². The van der Waals surface area contributed by atoms with E-state index in [2.05, 4.69) is 0 Å². The lowest BCUT2D eigenvalue weighted by molar-refractivity contribution is 0.0618. The summed E-state index contributed by atoms with van der Waals surface area (Å²) in [5.74, 6) is 0. The van der Waals surface area contributed by atoms with Crippen molar-refractivity contribution in [2.24, 2.45) is 11.5 Å². The first-order valence-corrected chi connectivity index (χ1v) is 12.7. The Morgan fingerprint density at radius 3 is 1.44 bits per heavy atom. The monoisotopic (exact) mass is 400 g/mol. The fourth-order valence-electron chi connectivity index (χ4n) is 2.17. The molecule has 0 saturated heterocycles. The standard InChI is InChI=1S/C9H23NO3Si.C6H17NO3Si/c1-5-9(10)14(11-6-2,12-7-3)13-8-4;1-8-11(9-2,10-3)6-4-5-7/h9H,5-8,10H2,1-4H3;4-7H2,1-3H3. The van der Waals surface area contributed by atoms with E-state index in [9.17, 15) is 0 Å². The van der Waals surface area contributed by atoms with Crippen LogP contribution >= 0.6 is 0 Å². The molecule has 0 aliphatic heterocycles. The average molecular weight is 401 g/mol. The van der Waals surface area contributed by atoms with E-state index in [-0.39, 0.29) is 5.67 Å². The molecular weight excluding hydrogens is 360 g/mol. The summed E-state index contributed by atoms with van der Waals surface area (Å²) in [5.41, 5.74) is 11.2. The molecule has 0 heterocycles. The van der Waals surface area contributed by atoms with Crippen molar-refractivity contribution in [3.8, 4) is 0 Å². The Morgan fingerprint density at radius 1 is 0.800 bits per heavy atom. The summed E-state index contributed by atoms with van der Waals surface area (Å²) in [6.45, 7) is 10.2. The van der Waals surface area contributed by atoms with Gasteiger partial charge in [0.2, 0.25) is 0 Å². The third-order valence-electron chi connectivity index (χ3n) is 3.55. The van der Waals surface area contributed by atoms with Crippen LogP contribution < -0.4 is 11.5 Å². The number of hydrogen-bond donors (Lipinski definition) is 2. The Bertz CT molecular complexity index is 274. The van der Waals surface area contributed by atoms with Crippen LogP contribution in [0.1, 0.15) is 40.5 Å². The van der Waals surface area contributed by atoms with E-state index < -0.39 is 17.6 Å². The molecule has 0 bridgehead atoms. The van der Waals surface area contributed by atoms with Gasteiger partial charge in [-0.05, 0) is 40.2 Å². The first-order chi connectivity index (χ1) is 11.9. The molecule has 0 rings (SSSR count). The smallest absolute Gasteiger partial charge is 0.377 e. The second kappa shape index (κ2) is 16.3. The van der Waals surface area contributed by atoms with E-state index in [1.165, 1.54) is 0 Å². The van der Waals surface area contributed by atoms with Crippen molar-refractivity contribution in [3.63, 3.8) is 0 Å². The summed E-state index contributed by atoms with van der Waals surface area (Å²) in [7, 11) is -0.119. The highest BCUT2D eigenvalue weighted by atomic mass is 28.4. The van der Waals surface area contributed by atoms with Crippen molar-refractivity contribution in [1.29, 1.82) is 0 Å². The van der Waals surface area contributed by atoms with Gasteiger partial charge in [-0.15, -0.1) is 0 Å². The minimum Gasteiger partial charge on any atom is -0.377 e. The van der Waals surface area contributed by atoms with Crippen LogP contribution in [0.15, 0.2) is 0 Å². The SMILES string of the molecule is CCO[Si](OCC)(OCC)C(N)CC.CO[Si](CCCN)(OC)OC. The van der Waals surface area contributed by atoms with Gasteiger partial charge in [-0.3, -0.25) is 0 Å². The van der Waals surface area contributed by atoms with Gasteiger partial charge in [0, 0.05) is 47.2 Å². The lowest BCUT2D eigenvalue weighted by Gasteiger charge is -2.32. The van der Waals surface area contributed by atoms with Gasteiger partial charge in [-0.2, -0.15) is 0 Å². The van der Waals surface area contributed by atoms with Crippen molar-refractivity contribution < 1.29 is 26.6 Å². The fraction of sp³-hybridized carbons (Fsp3) is 1.00. The Balaban J connectivity index is 0. The summed E-state index contributed by atoms with van der Waals surface area (Å²) in [6.07, 6.45) is 1.69. The molecule has 0 aromatic heterocycles. The zero-order valence-electron chi connectivity index (χ0n) is 17.1. The van der Waals surface area contributed by atoms with Crippen LogP contribution in [0.2, 0.25) is 6.04 Å². The summed E-state index contributed by atoms with van der Waals surface area (Å²) in [6, 6.07) is 0.785. The third kappa shape index (κ3) is 10.1. The first-order valence-electron chi connectivity index (χ1n) is 8.94. The zero-order chi connectivity index (χ0) is 19.8. The Hall–Kier alpha value is 0.114. The van der Waals surface area contributed by atoms with Crippen molar-refractivity contribution >= 4 is 17.6 Å². The van der Waals surface area contributed by atoms with Gasteiger partial charge in [0.05, 0.1) is 5.67 Å². The lowest BCUT2D eigenvalue weighted by atomic mass is 10.5. The molecule has 0 fully saturated rings. The minimum atomic E-state index is -2.62. The molecule has 0 aliphatic carbocycles. The minimum absolute atomic E-state index is 0.123. The van der Waals surface area contributed by atoms with E-state index >= 15 is 0 Å². The maximum absolute atomic E-state index is 6.00. The van der Waals surface area contributed by atoms with Crippen LogP contribution in [0.5, 0.6) is 0 Å². The van der Waals surface area contributed by atoms with Crippen molar-refractivity contribution in [3.05, 3.63) is 0 Å². The van der Waals surface area contributed by atoms with Crippen LogP contribution in [0.3, 0.4) is 0 Å². The van der Waals surface area contributed by atoms with Crippen LogP contribution in [0.4, 0.5) is 0 Å². The molecule has 1 atom stereocenters. The zero-order valence-corrected chi connectivity index (χ0v) is 19.1. The van der Waals surface area contributed by atoms with Crippen molar-refractivity contribution in [2.75, 3.05) is 47.7 Å². The molecule has 10 heteroatoms. The van der Waals surface area contributed by atoms with Crippen molar-refractivity contribution in [2.45, 2.75) is 52.2 Å². The highest BCUT2D eigenvalue weighted by Crippen LogP contribution is 2.16. The molecule has 0 spiro atoms. The van der Waals surface area contributed by atoms with Gasteiger partial charge in [0.25, 0.3) is 0 Å². The number of rotatable bonds is 14. The molecule has 0 radical (unpaired) electrons. The predicted octanol–water partition coefficient (Wildman–Crippen LogP) is 1.52. The topological polar surface area (TPSA) is 107 Å². The summed E-state index contributed by atoms with van der Waals surface area (Å²) in [4.78, 5) is 0. The molecule has 154 valence electrons. The molecule has 0 aromatic carbocycles. The average Bonchev–Trinajstić information content (AvgIpc) is 2.64. The van der Waals surface area contributed by atoms with Gasteiger partial charge in [0.1, 0.15) is 0 Å². The van der Waals surface area contributed by atoms with Gasteiger partial charge in [-0.25, -0.2) is 0 Å². The molecule has 1 unspecified atom stereocenters. The van der Waals surface area contributed by atoms with E-state index in [4.69, 9.17) is 38.0 Å². The predicted molar refractivity (Wildman–Crippen MR) is 104 cm³/mol. The molecule has 0 aliphatic rings. The maximum Gasteiger partial charge on any atom is 0.518 e. The van der Waals surface area contributed by atoms with Gasteiger partial charge in [0.15, 0.2) is 0 Å². The van der Waals surface area contributed by atoms with E-state index in [1.807, 2.05) is 27.7 Å². The van der Waals surface area contributed by atoms with Gasteiger partial charge >= 0.3 is 17.6 Å². The molecular formula is C15H40N2O6Si2. The summed E-state index contributed by atoms with van der Waals surface area (Å²) < 4.78 is 32.4. The Kier molecular flexibility index (Phi) is 17.8. The second-order valence-corrected chi connectivity index (χ2v) is 11.0. The summed E-state index contributed by atoms with van der Waals surface area (Å²) >= 11 is 0. The van der Waals surface area contributed by atoms with Crippen LogP contribution in [-0.2, 0) is 26.6 Å². The first kappa shape index (κ1) is 27.3. The quantitative estimate of drug-likeness (QED) is 0.423. The Labute approximate surface area is 156 Å².